The molecule has 0 aromatic heterocycles. The summed E-state index contributed by atoms with van der Waals surface area (Å²) in [5.74, 6) is 0. The summed E-state index contributed by atoms with van der Waals surface area (Å²) in [6.45, 7) is 2.05. The zero-order valence-corrected chi connectivity index (χ0v) is 4.55. The highest BCUT2D eigenvalue weighted by Crippen LogP contribution is 2.15. The van der Waals surface area contributed by atoms with Gasteiger partial charge in [0.2, 0.25) is 0 Å². The predicted octanol–water partition coefficient (Wildman–Crippen LogP) is 1.32. The SMILES string of the molecule is C.[B]C1CCC(C)O1. The summed E-state index contributed by atoms with van der Waals surface area (Å²) in [4.78, 5) is 0. The lowest BCUT2D eigenvalue weighted by molar-refractivity contribution is 0.101. The van der Waals surface area contributed by atoms with Crippen LogP contribution in [0.5, 0.6) is 0 Å². The fraction of sp³-hybridized carbons (Fsp3) is 1.00. The molecule has 0 amide bonds. The van der Waals surface area contributed by atoms with E-state index in [1.54, 1.807) is 0 Å². The Morgan fingerprint density at radius 1 is 1.50 bits per heavy atom. The summed E-state index contributed by atoms with van der Waals surface area (Å²) in [6.07, 6.45) is 2.55. The number of rotatable bonds is 0. The van der Waals surface area contributed by atoms with E-state index >= 15 is 0 Å². The Labute approximate surface area is 52.8 Å². The van der Waals surface area contributed by atoms with Gasteiger partial charge in [-0.2, -0.15) is 0 Å². The average molecular weight is 112 g/mol. The molecule has 1 heterocycles. The average Bonchev–Trinajstić information content (AvgIpc) is 1.87. The Hall–Kier alpha value is 0.0249. The van der Waals surface area contributed by atoms with E-state index < -0.39 is 0 Å². The van der Waals surface area contributed by atoms with Crippen molar-refractivity contribution in [1.82, 2.24) is 0 Å². The third kappa shape index (κ3) is 1.87. The van der Waals surface area contributed by atoms with Gasteiger partial charge >= 0.3 is 0 Å². The van der Waals surface area contributed by atoms with Gasteiger partial charge in [-0.25, -0.2) is 0 Å². The molecule has 0 aromatic carbocycles. The molecule has 0 aromatic rings. The van der Waals surface area contributed by atoms with Gasteiger partial charge < -0.3 is 4.74 Å². The first-order chi connectivity index (χ1) is 3.29. The molecule has 0 spiro atoms. The predicted molar refractivity (Wildman–Crippen MR) is 36.1 cm³/mol. The largest absolute Gasteiger partial charge is 0.385 e. The fourth-order valence-electron chi connectivity index (χ4n) is 0.833. The van der Waals surface area contributed by atoms with E-state index in [0.717, 1.165) is 12.8 Å². The molecule has 1 saturated heterocycles. The first kappa shape index (κ1) is 8.02. The van der Waals surface area contributed by atoms with E-state index in [1.165, 1.54) is 0 Å². The molecule has 1 fully saturated rings. The lowest BCUT2D eigenvalue weighted by Crippen LogP contribution is -2.06. The highest BCUT2D eigenvalue weighted by atomic mass is 16.5. The molecule has 1 nitrogen and oxygen atoms in total. The molecule has 8 heavy (non-hydrogen) atoms. The van der Waals surface area contributed by atoms with Crippen molar-refractivity contribution in [2.75, 3.05) is 0 Å². The van der Waals surface area contributed by atoms with E-state index in [1.807, 2.05) is 6.92 Å². The molecule has 2 atom stereocenters. The van der Waals surface area contributed by atoms with Crippen molar-refractivity contribution in [3.8, 4) is 0 Å². The summed E-state index contributed by atoms with van der Waals surface area (Å²) in [5, 5.41) is 0. The maximum Gasteiger partial charge on any atom is 0.108 e. The van der Waals surface area contributed by atoms with Crippen LogP contribution < -0.4 is 0 Å². The maximum absolute atomic E-state index is 5.40. The molecule has 0 N–H and O–H groups in total. The molecule has 2 unspecified atom stereocenters. The van der Waals surface area contributed by atoms with Crippen LogP contribution in [0.2, 0.25) is 0 Å². The minimum atomic E-state index is 0. The molecule has 2 radical (unpaired) electrons. The Morgan fingerprint density at radius 3 is 2.25 bits per heavy atom. The second-order valence-corrected chi connectivity index (χ2v) is 2.06. The quantitative estimate of drug-likeness (QED) is 0.429. The number of hydrogen-bond acceptors (Lipinski definition) is 1. The zero-order valence-electron chi connectivity index (χ0n) is 4.55. The minimum Gasteiger partial charge on any atom is -0.385 e. The molecule has 1 aliphatic rings. The lowest BCUT2D eigenvalue weighted by atomic mass is 9.97. The van der Waals surface area contributed by atoms with Gasteiger partial charge in [0.15, 0.2) is 0 Å². The minimum absolute atomic E-state index is 0. The van der Waals surface area contributed by atoms with E-state index in [4.69, 9.17) is 12.6 Å². The number of hydrogen-bond donors (Lipinski definition) is 0. The van der Waals surface area contributed by atoms with Gasteiger partial charge in [0.05, 0.1) is 6.10 Å². The van der Waals surface area contributed by atoms with Crippen molar-refractivity contribution in [2.24, 2.45) is 0 Å². The number of ether oxygens (including phenoxy) is 1. The summed E-state index contributed by atoms with van der Waals surface area (Å²) < 4.78 is 5.14. The maximum atomic E-state index is 5.40. The van der Waals surface area contributed by atoms with Crippen molar-refractivity contribution < 1.29 is 4.74 Å². The highest BCUT2D eigenvalue weighted by Gasteiger charge is 2.15. The second kappa shape index (κ2) is 3.13. The normalized spacial score (nSPS) is 36.6. The highest BCUT2D eigenvalue weighted by molar-refractivity contribution is 6.11. The summed E-state index contributed by atoms with van der Waals surface area (Å²) in [5.41, 5.74) is 0. The Kier molecular flexibility index (Phi) is 3.14. The van der Waals surface area contributed by atoms with Crippen LogP contribution in [0.1, 0.15) is 27.2 Å². The van der Waals surface area contributed by atoms with Crippen LogP contribution in [0.15, 0.2) is 0 Å². The Balaban J connectivity index is 0.000000490. The van der Waals surface area contributed by atoms with Crippen LogP contribution in [0, 0.1) is 0 Å². The fourth-order valence-corrected chi connectivity index (χ4v) is 0.833. The van der Waals surface area contributed by atoms with Crippen LogP contribution in [-0.4, -0.2) is 20.0 Å². The van der Waals surface area contributed by atoms with Gasteiger partial charge in [0, 0.05) is 6.00 Å². The van der Waals surface area contributed by atoms with Crippen molar-refractivity contribution in [3.63, 3.8) is 0 Å². The van der Waals surface area contributed by atoms with Crippen LogP contribution in [0.25, 0.3) is 0 Å². The molecular formula is C6H13BO. The van der Waals surface area contributed by atoms with Crippen molar-refractivity contribution >= 4 is 7.85 Å². The van der Waals surface area contributed by atoms with Gasteiger partial charge in [0.1, 0.15) is 7.85 Å². The molecule has 0 aliphatic carbocycles. The third-order valence-electron chi connectivity index (χ3n) is 1.26. The standard InChI is InChI=1S/C5H9BO.CH4/c1-4-2-3-5(6)7-4;/h4-5H,2-3H2,1H3;1H4. The molecule has 0 saturated carbocycles. The van der Waals surface area contributed by atoms with Crippen LogP contribution in [0.3, 0.4) is 0 Å². The van der Waals surface area contributed by atoms with Gasteiger partial charge in [-0.3, -0.25) is 0 Å². The third-order valence-corrected chi connectivity index (χ3v) is 1.26. The van der Waals surface area contributed by atoms with E-state index in [9.17, 15) is 0 Å². The molecular weight excluding hydrogens is 98.9 g/mol. The monoisotopic (exact) mass is 112 g/mol. The van der Waals surface area contributed by atoms with Crippen LogP contribution in [-0.2, 0) is 4.74 Å². The lowest BCUT2D eigenvalue weighted by Gasteiger charge is -2.01. The van der Waals surface area contributed by atoms with E-state index in [2.05, 4.69) is 0 Å². The summed E-state index contributed by atoms with van der Waals surface area (Å²) >= 11 is 0. The van der Waals surface area contributed by atoms with E-state index in [0.29, 0.717) is 6.10 Å². The zero-order chi connectivity index (χ0) is 5.28. The molecule has 1 rings (SSSR count). The van der Waals surface area contributed by atoms with Gasteiger partial charge in [0.25, 0.3) is 0 Å². The van der Waals surface area contributed by atoms with E-state index in [-0.39, 0.29) is 13.4 Å². The van der Waals surface area contributed by atoms with Crippen molar-refractivity contribution in [3.05, 3.63) is 0 Å². The summed E-state index contributed by atoms with van der Waals surface area (Å²) in [6, 6.07) is 0.0231. The first-order valence-corrected chi connectivity index (χ1v) is 2.70. The van der Waals surface area contributed by atoms with Gasteiger partial charge in [-0.15, -0.1) is 0 Å². The molecule has 0 bridgehead atoms. The molecule has 46 valence electrons. The Bertz CT molecular complexity index is 57.5. The summed E-state index contributed by atoms with van der Waals surface area (Å²) in [7, 11) is 5.40. The van der Waals surface area contributed by atoms with Gasteiger partial charge in [-0.05, 0) is 19.8 Å². The second-order valence-electron chi connectivity index (χ2n) is 2.06. The molecule has 1 aliphatic heterocycles. The van der Waals surface area contributed by atoms with Crippen molar-refractivity contribution in [1.29, 1.82) is 0 Å². The Morgan fingerprint density at radius 2 is 2.12 bits per heavy atom. The van der Waals surface area contributed by atoms with Crippen LogP contribution in [0.4, 0.5) is 0 Å². The first-order valence-electron chi connectivity index (χ1n) is 2.70. The van der Waals surface area contributed by atoms with Crippen molar-refractivity contribution in [2.45, 2.75) is 39.3 Å². The van der Waals surface area contributed by atoms with Gasteiger partial charge in [-0.1, -0.05) is 7.43 Å². The smallest absolute Gasteiger partial charge is 0.108 e. The van der Waals surface area contributed by atoms with Crippen LogP contribution >= 0.6 is 0 Å². The molecule has 2 heteroatoms. The topological polar surface area (TPSA) is 9.23 Å².